The quantitative estimate of drug-likeness (QED) is 0.896. The van der Waals surface area contributed by atoms with E-state index in [2.05, 4.69) is 24.0 Å². The molecule has 1 amide bonds. The molecule has 2 atom stereocenters. The molecular weight excluding hydrogens is 238 g/mol. The Morgan fingerprint density at radius 2 is 2.11 bits per heavy atom. The minimum Gasteiger partial charge on any atom is -0.342 e. The Morgan fingerprint density at radius 3 is 2.84 bits per heavy atom. The highest BCUT2D eigenvalue weighted by Gasteiger charge is 2.29. The molecule has 1 aromatic carbocycles. The molecule has 1 aromatic heterocycles. The number of aromatic amines is 1. The van der Waals surface area contributed by atoms with Crippen molar-refractivity contribution >= 4 is 16.8 Å². The Hall–Kier alpha value is -1.84. The molecule has 1 N–H and O–H groups in total. The fraction of sp³-hybridized carbons (Fsp3) is 0.467. The number of carbonyl (C=O) groups excluding carboxylic acids is 1. The monoisotopic (exact) mass is 257 g/mol. The Labute approximate surface area is 112 Å². The van der Waals surface area contributed by atoms with Crippen molar-refractivity contribution in [2.24, 2.45) is 11.8 Å². The summed E-state index contributed by atoms with van der Waals surface area (Å²) in [6.45, 7) is 6.22. The topological polar surface area (TPSA) is 49.0 Å². The van der Waals surface area contributed by atoms with Crippen molar-refractivity contribution in [1.82, 2.24) is 15.1 Å². The third-order valence-electron chi connectivity index (χ3n) is 4.20. The highest BCUT2D eigenvalue weighted by molar-refractivity contribution is 5.83. The lowest BCUT2D eigenvalue weighted by Gasteiger charge is -2.16. The molecule has 4 nitrogen and oxygen atoms in total. The maximum Gasteiger partial charge on any atom is 0.227 e. The van der Waals surface area contributed by atoms with E-state index < -0.39 is 0 Å². The molecule has 1 saturated heterocycles. The van der Waals surface area contributed by atoms with E-state index in [1.165, 1.54) is 0 Å². The Kier molecular flexibility index (Phi) is 3.01. The fourth-order valence-corrected chi connectivity index (χ4v) is 2.71. The van der Waals surface area contributed by atoms with Crippen LogP contribution < -0.4 is 0 Å². The van der Waals surface area contributed by atoms with Crippen LogP contribution in [0.2, 0.25) is 0 Å². The smallest absolute Gasteiger partial charge is 0.227 e. The summed E-state index contributed by atoms with van der Waals surface area (Å²) in [5.41, 5.74) is 2.04. The molecule has 0 bridgehead atoms. The Bertz CT molecular complexity index is 594. The minimum absolute atomic E-state index is 0.232. The molecule has 0 spiro atoms. The lowest BCUT2D eigenvalue weighted by atomic mass is 10.0. The van der Waals surface area contributed by atoms with Gasteiger partial charge in [0, 0.05) is 18.5 Å². The molecule has 1 aliphatic heterocycles. The molecule has 3 rings (SSSR count). The van der Waals surface area contributed by atoms with Gasteiger partial charge in [-0.15, -0.1) is 0 Å². The molecule has 2 aromatic rings. The molecule has 0 saturated carbocycles. The second-order valence-corrected chi connectivity index (χ2v) is 5.72. The predicted molar refractivity (Wildman–Crippen MR) is 74.7 cm³/mol. The van der Waals surface area contributed by atoms with Crippen LogP contribution in [0, 0.1) is 11.8 Å². The van der Waals surface area contributed by atoms with E-state index in [-0.39, 0.29) is 5.91 Å². The van der Waals surface area contributed by atoms with Gasteiger partial charge in [-0.25, -0.2) is 0 Å². The largest absolute Gasteiger partial charge is 0.342 e. The molecule has 4 heteroatoms. The summed E-state index contributed by atoms with van der Waals surface area (Å²) >= 11 is 0. The summed E-state index contributed by atoms with van der Waals surface area (Å²) in [7, 11) is 0. The van der Waals surface area contributed by atoms with E-state index in [0.717, 1.165) is 29.6 Å². The Balaban J connectivity index is 1.72. The van der Waals surface area contributed by atoms with E-state index in [1.807, 2.05) is 23.1 Å². The summed E-state index contributed by atoms with van der Waals surface area (Å²) < 4.78 is 0. The van der Waals surface area contributed by atoms with Gasteiger partial charge in [-0.1, -0.05) is 26.0 Å². The van der Waals surface area contributed by atoms with E-state index in [9.17, 15) is 4.79 Å². The molecule has 2 unspecified atom stereocenters. The summed E-state index contributed by atoms with van der Waals surface area (Å²) in [5.74, 6) is 1.45. The van der Waals surface area contributed by atoms with E-state index in [4.69, 9.17) is 0 Å². The van der Waals surface area contributed by atoms with Crippen LogP contribution in [0.25, 0.3) is 10.9 Å². The first-order valence-corrected chi connectivity index (χ1v) is 6.83. The third kappa shape index (κ3) is 2.35. The van der Waals surface area contributed by atoms with Gasteiger partial charge >= 0.3 is 0 Å². The van der Waals surface area contributed by atoms with Crippen LogP contribution in [-0.4, -0.2) is 34.1 Å². The SMILES string of the molecule is CC1CN(C(=O)Cc2ccc3cn[nH]c3c2)CC1C. The van der Waals surface area contributed by atoms with Crippen molar-refractivity contribution in [3.05, 3.63) is 30.0 Å². The Morgan fingerprint density at radius 1 is 1.37 bits per heavy atom. The number of nitrogens with one attached hydrogen (secondary N) is 1. The van der Waals surface area contributed by atoms with Gasteiger partial charge in [0.1, 0.15) is 0 Å². The van der Waals surface area contributed by atoms with Crippen LogP contribution in [0.4, 0.5) is 0 Å². The van der Waals surface area contributed by atoms with Gasteiger partial charge in [0.25, 0.3) is 0 Å². The van der Waals surface area contributed by atoms with Crippen molar-refractivity contribution in [3.8, 4) is 0 Å². The maximum absolute atomic E-state index is 12.3. The highest BCUT2D eigenvalue weighted by atomic mass is 16.2. The van der Waals surface area contributed by atoms with Crippen LogP contribution in [0.3, 0.4) is 0 Å². The molecule has 0 aliphatic carbocycles. The molecular formula is C15H19N3O. The number of benzene rings is 1. The number of H-pyrrole nitrogens is 1. The number of nitrogens with zero attached hydrogens (tertiary/aromatic N) is 2. The molecule has 0 radical (unpaired) electrons. The number of amides is 1. The molecule has 100 valence electrons. The highest BCUT2D eigenvalue weighted by Crippen LogP contribution is 2.23. The lowest BCUT2D eigenvalue weighted by Crippen LogP contribution is -2.30. The van der Waals surface area contributed by atoms with Crippen molar-refractivity contribution in [1.29, 1.82) is 0 Å². The zero-order valence-corrected chi connectivity index (χ0v) is 11.4. The lowest BCUT2D eigenvalue weighted by molar-refractivity contribution is -0.129. The summed E-state index contributed by atoms with van der Waals surface area (Å²) in [5, 5.41) is 8.02. The number of rotatable bonds is 2. The van der Waals surface area contributed by atoms with Crippen LogP contribution in [0.1, 0.15) is 19.4 Å². The van der Waals surface area contributed by atoms with Crippen molar-refractivity contribution in [2.75, 3.05) is 13.1 Å². The molecule has 1 aliphatic rings. The number of hydrogen-bond acceptors (Lipinski definition) is 2. The molecule has 1 fully saturated rings. The van der Waals surface area contributed by atoms with Gasteiger partial charge in [0.05, 0.1) is 18.1 Å². The summed E-state index contributed by atoms with van der Waals surface area (Å²) in [4.78, 5) is 14.3. The second kappa shape index (κ2) is 4.68. The fourth-order valence-electron chi connectivity index (χ4n) is 2.71. The number of likely N-dealkylation sites (tertiary alicyclic amines) is 1. The zero-order valence-electron chi connectivity index (χ0n) is 11.4. The van der Waals surface area contributed by atoms with E-state index in [0.29, 0.717) is 18.3 Å². The average Bonchev–Trinajstić information content (AvgIpc) is 2.96. The third-order valence-corrected chi connectivity index (χ3v) is 4.20. The van der Waals surface area contributed by atoms with Gasteiger partial charge in [0.15, 0.2) is 0 Å². The van der Waals surface area contributed by atoms with E-state index >= 15 is 0 Å². The van der Waals surface area contributed by atoms with E-state index in [1.54, 1.807) is 6.20 Å². The maximum atomic E-state index is 12.3. The first kappa shape index (κ1) is 12.2. The average molecular weight is 257 g/mol. The number of carbonyl (C=O) groups is 1. The predicted octanol–water partition coefficient (Wildman–Crippen LogP) is 2.22. The first-order valence-electron chi connectivity index (χ1n) is 6.83. The normalized spacial score (nSPS) is 23.2. The van der Waals surface area contributed by atoms with Gasteiger partial charge in [-0.3, -0.25) is 9.89 Å². The second-order valence-electron chi connectivity index (χ2n) is 5.72. The first-order chi connectivity index (χ1) is 9.13. The van der Waals surface area contributed by atoms with Crippen LogP contribution >= 0.6 is 0 Å². The van der Waals surface area contributed by atoms with Gasteiger partial charge < -0.3 is 4.90 Å². The number of hydrogen-bond donors (Lipinski definition) is 1. The molecule has 19 heavy (non-hydrogen) atoms. The van der Waals surface area contributed by atoms with Crippen molar-refractivity contribution in [3.63, 3.8) is 0 Å². The van der Waals surface area contributed by atoms with Crippen LogP contribution in [0.15, 0.2) is 24.4 Å². The number of fused-ring (bicyclic) bond motifs is 1. The minimum atomic E-state index is 0.232. The zero-order chi connectivity index (χ0) is 13.4. The van der Waals surface area contributed by atoms with Crippen LogP contribution in [0.5, 0.6) is 0 Å². The summed E-state index contributed by atoms with van der Waals surface area (Å²) in [6.07, 6.45) is 2.28. The van der Waals surface area contributed by atoms with Crippen LogP contribution in [-0.2, 0) is 11.2 Å². The van der Waals surface area contributed by atoms with Crippen molar-refractivity contribution < 1.29 is 4.79 Å². The number of aromatic nitrogens is 2. The summed E-state index contributed by atoms with van der Waals surface area (Å²) in [6, 6.07) is 6.04. The van der Waals surface area contributed by atoms with Gasteiger partial charge in [-0.05, 0) is 23.5 Å². The van der Waals surface area contributed by atoms with Crippen molar-refractivity contribution in [2.45, 2.75) is 20.3 Å². The van der Waals surface area contributed by atoms with Gasteiger partial charge in [0.2, 0.25) is 5.91 Å². The standard InChI is InChI=1S/C15H19N3O/c1-10-8-18(9-11(10)2)15(19)6-12-3-4-13-7-16-17-14(13)5-12/h3-5,7,10-11H,6,8-9H2,1-2H3,(H,16,17). The van der Waals surface area contributed by atoms with Gasteiger partial charge in [-0.2, -0.15) is 5.10 Å². The molecule has 2 heterocycles.